The minimum atomic E-state index is -0.530. The minimum absolute atomic E-state index is 0.100. The van der Waals surface area contributed by atoms with Gasteiger partial charge in [0.2, 0.25) is 0 Å². The van der Waals surface area contributed by atoms with Gasteiger partial charge >= 0.3 is 0 Å². The number of rotatable bonds is 6. The van der Waals surface area contributed by atoms with Crippen molar-refractivity contribution in [3.8, 4) is 0 Å². The molecule has 1 heterocycles. The van der Waals surface area contributed by atoms with E-state index in [9.17, 15) is 14.5 Å². The van der Waals surface area contributed by atoms with Crippen LogP contribution in [0.4, 0.5) is 10.1 Å². The second kappa shape index (κ2) is 6.40. The number of aromatic nitrogens is 3. The molecular weight excluding hydrogens is 277 g/mol. The molecule has 0 aliphatic carbocycles. The Hall–Kier alpha value is -2.35. The van der Waals surface area contributed by atoms with Crippen LogP contribution in [0.5, 0.6) is 0 Å². The number of nitro groups is 1. The molecule has 1 aromatic carbocycles. The quantitative estimate of drug-likeness (QED) is 0.649. The molecule has 0 radical (unpaired) electrons. The molecule has 0 saturated carbocycles. The van der Waals surface area contributed by atoms with Crippen molar-refractivity contribution >= 4 is 5.69 Å². The lowest BCUT2D eigenvalue weighted by Crippen LogP contribution is -2.24. The third-order valence-electron chi connectivity index (χ3n) is 2.92. The topological polar surface area (TPSA) is 85.9 Å². The van der Waals surface area contributed by atoms with E-state index in [0.717, 1.165) is 18.2 Å². The first-order valence-corrected chi connectivity index (χ1v) is 6.50. The van der Waals surface area contributed by atoms with Crippen molar-refractivity contribution in [2.45, 2.75) is 33.0 Å². The molecule has 0 unspecified atom stereocenters. The van der Waals surface area contributed by atoms with Gasteiger partial charge in [0, 0.05) is 12.1 Å². The highest BCUT2D eigenvalue weighted by molar-refractivity contribution is 5.40. The summed E-state index contributed by atoms with van der Waals surface area (Å²) < 4.78 is 14.8. The molecule has 0 bridgehead atoms. The van der Waals surface area contributed by atoms with E-state index >= 15 is 0 Å². The number of hydrogen-bond donors (Lipinski definition) is 1. The van der Waals surface area contributed by atoms with Crippen LogP contribution in [-0.4, -0.2) is 25.7 Å². The summed E-state index contributed by atoms with van der Waals surface area (Å²) in [6.07, 6.45) is 1.38. The van der Waals surface area contributed by atoms with Crippen molar-refractivity contribution in [3.05, 3.63) is 51.8 Å². The minimum Gasteiger partial charge on any atom is -0.308 e. The highest BCUT2D eigenvalue weighted by Gasteiger charge is 2.16. The second-order valence-electron chi connectivity index (χ2n) is 4.90. The number of nitrogens with one attached hydrogen (secondary N) is 1. The van der Waals surface area contributed by atoms with Gasteiger partial charge in [-0.25, -0.2) is 14.1 Å². The zero-order valence-electron chi connectivity index (χ0n) is 11.8. The molecule has 1 N–H and O–H groups in total. The summed E-state index contributed by atoms with van der Waals surface area (Å²) in [6, 6.07) is 3.66. The van der Waals surface area contributed by atoms with Crippen molar-refractivity contribution in [1.82, 2.24) is 20.1 Å². The van der Waals surface area contributed by atoms with Gasteiger partial charge in [-0.1, -0.05) is 13.8 Å². The van der Waals surface area contributed by atoms with Crippen molar-refractivity contribution in [2.75, 3.05) is 0 Å². The van der Waals surface area contributed by atoms with Gasteiger partial charge in [-0.15, -0.1) is 0 Å². The van der Waals surface area contributed by atoms with E-state index in [1.165, 1.54) is 11.0 Å². The van der Waals surface area contributed by atoms with Crippen molar-refractivity contribution in [3.63, 3.8) is 0 Å². The third kappa shape index (κ3) is 3.82. The molecule has 2 rings (SSSR count). The molecule has 0 aliphatic rings. The van der Waals surface area contributed by atoms with E-state index in [0.29, 0.717) is 12.4 Å². The molecule has 7 nitrogen and oxygen atoms in total. The standard InChI is InChI=1S/C13H16FN5O2/c1-9(2)15-6-13-16-8-17-18(13)7-10-5-11(14)3-4-12(10)19(20)21/h3-5,8-9,15H,6-7H2,1-2H3. The second-order valence-corrected chi connectivity index (χ2v) is 4.90. The highest BCUT2D eigenvalue weighted by atomic mass is 19.1. The summed E-state index contributed by atoms with van der Waals surface area (Å²) in [6.45, 7) is 4.58. The Morgan fingerprint density at radius 3 is 2.90 bits per heavy atom. The monoisotopic (exact) mass is 293 g/mol. The number of nitrogens with zero attached hydrogens (tertiary/aromatic N) is 4. The van der Waals surface area contributed by atoms with Crippen molar-refractivity contribution < 1.29 is 9.31 Å². The van der Waals surface area contributed by atoms with E-state index in [-0.39, 0.29) is 23.8 Å². The summed E-state index contributed by atoms with van der Waals surface area (Å²) >= 11 is 0. The van der Waals surface area contributed by atoms with Crippen LogP contribution in [0.25, 0.3) is 0 Å². The molecule has 2 aromatic rings. The van der Waals surface area contributed by atoms with E-state index in [1.807, 2.05) is 13.8 Å². The first kappa shape index (κ1) is 15.0. The molecule has 0 spiro atoms. The predicted octanol–water partition coefficient (Wildman–Crippen LogP) is 1.87. The van der Waals surface area contributed by atoms with Crippen LogP contribution >= 0.6 is 0 Å². The Kier molecular flexibility index (Phi) is 4.59. The fraction of sp³-hybridized carbons (Fsp3) is 0.385. The highest BCUT2D eigenvalue weighted by Crippen LogP contribution is 2.20. The Morgan fingerprint density at radius 2 is 2.24 bits per heavy atom. The van der Waals surface area contributed by atoms with Gasteiger partial charge in [0.1, 0.15) is 18.0 Å². The zero-order chi connectivity index (χ0) is 15.4. The van der Waals surface area contributed by atoms with Crippen LogP contribution in [0.1, 0.15) is 25.2 Å². The van der Waals surface area contributed by atoms with Crippen LogP contribution in [0.2, 0.25) is 0 Å². The first-order chi connectivity index (χ1) is 9.97. The summed E-state index contributed by atoms with van der Waals surface area (Å²) in [5.41, 5.74) is 0.131. The van der Waals surface area contributed by atoms with E-state index in [2.05, 4.69) is 15.4 Å². The average Bonchev–Trinajstić information content (AvgIpc) is 2.83. The Bertz CT molecular complexity index is 641. The zero-order valence-corrected chi connectivity index (χ0v) is 11.8. The van der Waals surface area contributed by atoms with Crippen LogP contribution in [0, 0.1) is 15.9 Å². The fourth-order valence-electron chi connectivity index (χ4n) is 1.87. The molecule has 112 valence electrons. The molecule has 0 fully saturated rings. The maximum atomic E-state index is 13.3. The van der Waals surface area contributed by atoms with Gasteiger partial charge in [0.15, 0.2) is 0 Å². The maximum absolute atomic E-state index is 13.3. The summed E-state index contributed by atoms with van der Waals surface area (Å²) in [4.78, 5) is 14.6. The number of nitro benzene ring substituents is 1. The Labute approximate surface area is 121 Å². The van der Waals surface area contributed by atoms with Crippen LogP contribution in [0.3, 0.4) is 0 Å². The molecule has 21 heavy (non-hydrogen) atoms. The predicted molar refractivity (Wildman–Crippen MR) is 74.2 cm³/mol. The molecular formula is C13H16FN5O2. The molecule has 0 amide bonds. The van der Waals surface area contributed by atoms with Crippen LogP contribution < -0.4 is 5.32 Å². The lowest BCUT2D eigenvalue weighted by Gasteiger charge is -2.10. The van der Waals surface area contributed by atoms with Crippen molar-refractivity contribution in [1.29, 1.82) is 0 Å². The van der Waals surface area contributed by atoms with Gasteiger partial charge in [0.25, 0.3) is 5.69 Å². The fourth-order valence-corrected chi connectivity index (χ4v) is 1.87. The van der Waals surface area contributed by atoms with Crippen LogP contribution in [0.15, 0.2) is 24.5 Å². The SMILES string of the molecule is CC(C)NCc1ncnn1Cc1cc(F)ccc1[N+](=O)[O-]. The number of hydrogen-bond acceptors (Lipinski definition) is 5. The summed E-state index contributed by atoms with van der Waals surface area (Å²) in [7, 11) is 0. The molecule has 0 aliphatic heterocycles. The number of benzene rings is 1. The Morgan fingerprint density at radius 1 is 1.48 bits per heavy atom. The summed E-state index contributed by atoms with van der Waals surface area (Å²) in [5.74, 6) is 0.125. The normalized spacial score (nSPS) is 11.0. The van der Waals surface area contributed by atoms with E-state index in [1.54, 1.807) is 0 Å². The smallest absolute Gasteiger partial charge is 0.274 e. The third-order valence-corrected chi connectivity index (χ3v) is 2.92. The van der Waals surface area contributed by atoms with Crippen LogP contribution in [-0.2, 0) is 13.1 Å². The van der Waals surface area contributed by atoms with Gasteiger partial charge in [-0.05, 0) is 12.1 Å². The Balaban J connectivity index is 2.24. The molecule has 8 heteroatoms. The van der Waals surface area contributed by atoms with Gasteiger partial charge in [-0.3, -0.25) is 10.1 Å². The maximum Gasteiger partial charge on any atom is 0.274 e. The van der Waals surface area contributed by atoms with Gasteiger partial charge in [-0.2, -0.15) is 5.10 Å². The van der Waals surface area contributed by atoms with Gasteiger partial charge in [0.05, 0.1) is 23.6 Å². The molecule has 1 aromatic heterocycles. The average molecular weight is 293 g/mol. The van der Waals surface area contributed by atoms with Crippen molar-refractivity contribution in [2.24, 2.45) is 0 Å². The van der Waals surface area contributed by atoms with E-state index < -0.39 is 10.7 Å². The van der Waals surface area contributed by atoms with E-state index in [4.69, 9.17) is 0 Å². The lowest BCUT2D eigenvalue weighted by atomic mass is 10.1. The lowest BCUT2D eigenvalue weighted by molar-refractivity contribution is -0.385. The number of halogens is 1. The molecule has 0 saturated heterocycles. The van der Waals surface area contributed by atoms with Gasteiger partial charge < -0.3 is 5.32 Å². The largest absolute Gasteiger partial charge is 0.308 e. The molecule has 0 atom stereocenters. The first-order valence-electron chi connectivity index (χ1n) is 6.50. The summed E-state index contributed by atoms with van der Waals surface area (Å²) in [5, 5.41) is 18.2.